The van der Waals surface area contributed by atoms with Gasteiger partial charge in [-0.25, -0.2) is 14.8 Å². The van der Waals surface area contributed by atoms with Gasteiger partial charge in [-0.05, 0) is 29.8 Å². The number of hydrogen-bond donors (Lipinski definition) is 3. The molecule has 0 unspecified atom stereocenters. The monoisotopic (exact) mass is 494 g/mol. The quantitative estimate of drug-likeness (QED) is 0.344. The molecule has 4 heterocycles. The van der Waals surface area contributed by atoms with Gasteiger partial charge in [0.2, 0.25) is 5.95 Å². The lowest BCUT2D eigenvalue weighted by Crippen LogP contribution is -2.47. The van der Waals surface area contributed by atoms with Gasteiger partial charge in [-0.1, -0.05) is 17.7 Å². The van der Waals surface area contributed by atoms with Crippen molar-refractivity contribution in [3.05, 3.63) is 53.3 Å². The SMILES string of the molecule is COc1nc(Cl)cc(-c2ccc3nc(Nc4cc(CN5CCN(C(=O)O)CC5)ccn4)[nH]c3c2)n1. The number of methoxy groups -OCH3 is 1. The Morgan fingerprint density at radius 3 is 2.74 bits per heavy atom. The highest BCUT2D eigenvalue weighted by Gasteiger charge is 2.20. The van der Waals surface area contributed by atoms with E-state index in [9.17, 15) is 4.79 Å². The number of imidazole rings is 1. The van der Waals surface area contributed by atoms with E-state index in [2.05, 4.69) is 35.1 Å². The van der Waals surface area contributed by atoms with Crippen molar-refractivity contribution in [2.45, 2.75) is 6.54 Å². The number of halogens is 1. The molecular weight excluding hydrogens is 472 g/mol. The van der Waals surface area contributed by atoms with Crippen molar-refractivity contribution < 1.29 is 14.6 Å². The van der Waals surface area contributed by atoms with Gasteiger partial charge < -0.3 is 25.0 Å². The highest BCUT2D eigenvalue weighted by atomic mass is 35.5. The summed E-state index contributed by atoms with van der Waals surface area (Å²) in [6.45, 7) is 3.15. The summed E-state index contributed by atoms with van der Waals surface area (Å²) in [7, 11) is 1.49. The molecule has 180 valence electrons. The zero-order valence-corrected chi connectivity index (χ0v) is 19.7. The molecule has 0 atom stereocenters. The number of aromatic nitrogens is 5. The van der Waals surface area contributed by atoms with Gasteiger partial charge in [-0.15, -0.1) is 0 Å². The maximum atomic E-state index is 11.1. The molecule has 0 spiro atoms. The van der Waals surface area contributed by atoms with Crippen LogP contribution in [-0.2, 0) is 6.54 Å². The first-order valence-corrected chi connectivity index (χ1v) is 11.4. The van der Waals surface area contributed by atoms with E-state index in [1.54, 1.807) is 12.3 Å². The first-order chi connectivity index (χ1) is 17.0. The molecule has 1 aliphatic heterocycles. The molecule has 35 heavy (non-hydrogen) atoms. The number of H-pyrrole nitrogens is 1. The number of nitrogens with zero attached hydrogens (tertiary/aromatic N) is 6. The van der Waals surface area contributed by atoms with Crippen molar-refractivity contribution in [2.24, 2.45) is 0 Å². The Morgan fingerprint density at radius 1 is 1.14 bits per heavy atom. The number of benzene rings is 1. The first kappa shape index (κ1) is 22.8. The standard InChI is InChI=1S/C23H23ClN8O3/c1-35-22-28-17(12-19(24)29-22)15-2-3-16-18(11-15)27-21(26-16)30-20-10-14(4-5-25-20)13-31-6-8-32(9-7-31)23(33)34/h2-5,10-12H,6-9,13H2,1H3,(H,33,34)(H2,25,26,27,30). The van der Waals surface area contributed by atoms with Crippen molar-refractivity contribution in [2.75, 3.05) is 38.6 Å². The fraction of sp³-hybridized carbons (Fsp3) is 0.261. The summed E-state index contributed by atoms with van der Waals surface area (Å²) in [5, 5.41) is 12.6. The Kier molecular flexibility index (Phi) is 6.34. The molecule has 1 aromatic carbocycles. The van der Waals surface area contributed by atoms with Crippen LogP contribution in [-0.4, -0.2) is 79.2 Å². The van der Waals surface area contributed by atoms with Crippen molar-refractivity contribution in [1.82, 2.24) is 34.7 Å². The summed E-state index contributed by atoms with van der Waals surface area (Å²) < 4.78 is 5.11. The van der Waals surface area contributed by atoms with Gasteiger partial charge in [0.25, 0.3) is 0 Å². The molecule has 3 N–H and O–H groups in total. The molecule has 1 saturated heterocycles. The number of carboxylic acid groups (broad SMARTS) is 1. The molecule has 4 aromatic rings. The van der Waals surface area contributed by atoms with E-state index >= 15 is 0 Å². The lowest BCUT2D eigenvalue weighted by atomic mass is 10.1. The third kappa shape index (κ3) is 5.26. The summed E-state index contributed by atoms with van der Waals surface area (Å²) in [6, 6.07) is 11.6. The van der Waals surface area contributed by atoms with Gasteiger partial charge in [-0.2, -0.15) is 9.97 Å². The molecule has 0 saturated carbocycles. The van der Waals surface area contributed by atoms with Gasteiger partial charge >= 0.3 is 12.1 Å². The van der Waals surface area contributed by atoms with E-state index < -0.39 is 6.09 Å². The highest BCUT2D eigenvalue weighted by molar-refractivity contribution is 6.29. The minimum atomic E-state index is -0.862. The number of ether oxygens (including phenoxy) is 1. The molecule has 5 rings (SSSR count). The van der Waals surface area contributed by atoms with Crippen molar-refractivity contribution >= 4 is 40.5 Å². The van der Waals surface area contributed by atoms with E-state index in [-0.39, 0.29) is 6.01 Å². The molecule has 11 nitrogen and oxygen atoms in total. The maximum absolute atomic E-state index is 11.1. The second kappa shape index (κ2) is 9.72. The van der Waals surface area contributed by atoms with Crippen LogP contribution in [0.2, 0.25) is 5.15 Å². The second-order valence-electron chi connectivity index (χ2n) is 8.10. The molecule has 0 bridgehead atoms. The summed E-state index contributed by atoms with van der Waals surface area (Å²) >= 11 is 6.09. The van der Waals surface area contributed by atoms with Crippen molar-refractivity contribution in [3.63, 3.8) is 0 Å². The number of fused-ring (bicyclic) bond motifs is 1. The van der Waals surface area contributed by atoms with Gasteiger partial charge in [-0.3, -0.25) is 4.90 Å². The van der Waals surface area contributed by atoms with Crippen LogP contribution in [0.3, 0.4) is 0 Å². The Labute approximate surface area is 205 Å². The van der Waals surface area contributed by atoms with Crippen molar-refractivity contribution in [3.8, 4) is 17.3 Å². The van der Waals surface area contributed by atoms with Gasteiger partial charge in [0, 0.05) is 50.6 Å². The van der Waals surface area contributed by atoms with Crippen LogP contribution < -0.4 is 10.1 Å². The van der Waals surface area contributed by atoms with Gasteiger partial charge in [0.15, 0.2) is 0 Å². The van der Waals surface area contributed by atoms with Crippen LogP contribution in [0.25, 0.3) is 22.3 Å². The minimum Gasteiger partial charge on any atom is -0.467 e. The van der Waals surface area contributed by atoms with Crippen molar-refractivity contribution in [1.29, 1.82) is 0 Å². The van der Waals surface area contributed by atoms with E-state index in [1.807, 2.05) is 30.3 Å². The summed E-state index contributed by atoms with van der Waals surface area (Å²) in [5.41, 5.74) is 4.19. The zero-order valence-electron chi connectivity index (χ0n) is 18.9. The molecule has 1 aliphatic rings. The van der Waals surface area contributed by atoms with Gasteiger partial charge in [0.1, 0.15) is 11.0 Å². The molecule has 12 heteroatoms. The van der Waals surface area contributed by atoms with Crippen LogP contribution in [0, 0.1) is 0 Å². The Morgan fingerprint density at radius 2 is 1.97 bits per heavy atom. The predicted octanol–water partition coefficient (Wildman–Crippen LogP) is 3.62. The van der Waals surface area contributed by atoms with Crippen LogP contribution in [0.1, 0.15) is 5.56 Å². The number of anilines is 2. The highest BCUT2D eigenvalue weighted by Crippen LogP contribution is 2.26. The number of amides is 1. The number of nitrogens with one attached hydrogen (secondary N) is 2. The van der Waals surface area contributed by atoms with E-state index in [0.29, 0.717) is 48.8 Å². The fourth-order valence-electron chi connectivity index (χ4n) is 3.98. The molecular formula is C23H23ClN8O3. The minimum absolute atomic E-state index is 0.203. The summed E-state index contributed by atoms with van der Waals surface area (Å²) in [4.78, 5) is 35.4. The van der Waals surface area contributed by atoms with Crippen LogP contribution in [0.15, 0.2) is 42.6 Å². The number of aromatic amines is 1. The first-order valence-electron chi connectivity index (χ1n) is 11.0. The van der Waals surface area contributed by atoms with Crippen LogP contribution in [0.4, 0.5) is 16.6 Å². The van der Waals surface area contributed by atoms with Gasteiger partial charge in [0.05, 0.1) is 23.8 Å². The molecule has 1 fully saturated rings. The van der Waals surface area contributed by atoms with E-state index in [1.165, 1.54) is 12.0 Å². The third-order valence-electron chi connectivity index (χ3n) is 5.75. The largest absolute Gasteiger partial charge is 0.467 e. The second-order valence-corrected chi connectivity index (χ2v) is 8.49. The average Bonchev–Trinajstić information content (AvgIpc) is 3.25. The lowest BCUT2D eigenvalue weighted by Gasteiger charge is -2.33. The normalized spacial score (nSPS) is 14.3. The number of rotatable bonds is 6. The molecule has 0 aliphatic carbocycles. The Balaban J connectivity index is 1.29. The number of pyridine rings is 1. The number of hydrogen-bond acceptors (Lipinski definition) is 8. The predicted molar refractivity (Wildman–Crippen MR) is 131 cm³/mol. The molecule has 3 aromatic heterocycles. The van der Waals surface area contributed by atoms with Crippen LogP contribution >= 0.6 is 11.6 Å². The summed E-state index contributed by atoms with van der Waals surface area (Å²) in [6.07, 6.45) is 0.886. The topological polar surface area (TPSA) is 132 Å². The molecule has 0 radical (unpaired) electrons. The number of carbonyl (C=O) groups is 1. The lowest BCUT2D eigenvalue weighted by molar-refractivity contribution is 0.103. The Hall–Kier alpha value is -3.96. The van der Waals surface area contributed by atoms with Crippen LogP contribution in [0.5, 0.6) is 6.01 Å². The zero-order chi connectivity index (χ0) is 24.4. The molecule has 1 amide bonds. The average molecular weight is 495 g/mol. The maximum Gasteiger partial charge on any atom is 0.407 e. The van der Waals surface area contributed by atoms with E-state index in [4.69, 9.17) is 21.4 Å². The summed E-state index contributed by atoms with van der Waals surface area (Å²) in [5.74, 6) is 1.23. The smallest absolute Gasteiger partial charge is 0.407 e. The van der Waals surface area contributed by atoms with E-state index in [0.717, 1.165) is 28.7 Å². The fourth-order valence-corrected chi connectivity index (χ4v) is 4.16. The number of piperazine rings is 1. The third-order valence-corrected chi connectivity index (χ3v) is 5.95. The Bertz CT molecular complexity index is 1370.